The number of nitrogens with one attached hydrogen (secondary N) is 1. The third kappa shape index (κ3) is 11.7. The minimum absolute atomic E-state index is 0.0335. The first kappa shape index (κ1) is 37.5. The van der Waals surface area contributed by atoms with Crippen LogP contribution < -0.4 is 5.32 Å². The molecule has 2 aliphatic rings. The third-order valence-corrected chi connectivity index (χ3v) is 8.49. The molecular formula is C35H42N6O6S. The molecule has 0 radical (unpaired) electrons. The third-order valence-electron chi connectivity index (χ3n) is 7.62. The molecule has 12 nitrogen and oxygen atoms in total. The van der Waals surface area contributed by atoms with E-state index >= 15 is 0 Å². The van der Waals surface area contributed by atoms with Gasteiger partial charge in [0.15, 0.2) is 6.10 Å². The van der Waals surface area contributed by atoms with Crippen LogP contribution in [0, 0.1) is 13.8 Å². The van der Waals surface area contributed by atoms with Crippen molar-refractivity contribution >= 4 is 40.9 Å². The number of aliphatic imine (C=N–C) groups is 1. The molecule has 2 aliphatic heterocycles. The number of amides is 4. The number of allylic oxidation sites excluding steroid dienone is 6. The smallest absolute Gasteiger partial charge is 0.410 e. The van der Waals surface area contributed by atoms with Gasteiger partial charge in [0.2, 0.25) is 11.2 Å². The van der Waals surface area contributed by atoms with Crippen molar-refractivity contribution in [1.29, 1.82) is 0 Å². The van der Waals surface area contributed by atoms with E-state index in [-0.39, 0.29) is 24.2 Å². The summed E-state index contributed by atoms with van der Waals surface area (Å²) in [5, 5.41) is 13.2. The summed E-state index contributed by atoms with van der Waals surface area (Å²) in [5.74, 6) is 4.20. The fourth-order valence-corrected chi connectivity index (χ4v) is 5.38. The fraction of sp³-hybridized carbons (Fsp3) is 0.400. The molecule has 1 unspecified atom stereocenters. The Hall–Kier alpha value is -4.98. The molecule has 2 N–H and O–H groups in total. The van der Waals surface area contributed by atoms with Crippen molar-refractivity contribution in [3.63, 3.8) is 0 Å². The van der Waals surface area contributed by atoms with Crippen LogP contribution in [-0.4, -0.2) is 106 Å². The molecule has 2 atom stereocenters. The number of carbonyl (C=O) groups is 3. The number of aromatic hydroxyl groups is 1. The van der Waals surface area contributed by atoms with E-state index < -0.39 is 29.3 Å². The molecule has 13 heteroatoms. The molecule has 1 aromatic carbocycles. The van der Waals surface area contributed by atoms with Crippen molar-refractivity contribution in [3.05, 3.63) is 88.9 Å². The van der Waals surface area contributed by atoms with Crippen LogP contribution in [0.25, 0.3) is 0 Å². The summed E-state index contributed by atoms with van der Waals surface area (Å²) >= 11 is -1.56. The summed E-state index contributed by atoms with van der Waals surface area (Å²) < 4.78 is 22.3. The van der Waals surface area contributed by atoms with Crippen molar-refractivity contribution < 1.29 is 28.4 Å². The first-order valence-electron chi connectivity index (χ1n) is 15.5. The van der Waals surface area contributed by atoms with Crippen LogP contribution in [0.3, 0.4) is 0 Å². The molecule has 0 aromatic heterocycles. The highest BCUT2D eigenvalue weighted by molar-refractivity contribution is 7.81. The van der Waals surface area contributed by atoms with Crippen molar-refractivity contribution in [2.24, 2.45) is 9.39 Å². The number of ether oxygens (including phenoxy) is 1. The zero-order valence-corrected chi connectivity index (χ0v) is 28.6. The quantitative estimate of drug-likeness (QED) is 0.218. The van der Waals surface area contributed by atoms with Crippen molar-refractivity contribution in [2.45, 2.75) is 51.7 Å². The first-order valence-corrected chi connectivity index (χ1v) is 16.5. The van der Waals surface area contributed by atoms with Crippen LogP contribution in [0.4, 0.5) is 9.59 Å². The molecule has 3 rings (SSSR count). The number of hydrogen-bond acceptors (Lipinski definition) is 6. The number of urea groups is 1. The maximum absolute atomic E-state index is 13.3. The van der Waals surface area contributed by atoms with Gasteiger partial charge in [-0.2, -0.15) is 4.99 Å². The topological polar surface area (TPSA) is 144 Å². The summed E-state index contributed by atoms with van der Waals surface area (Å²) in [4.78, 5) is 46.4. The molecular weight excluding hydrogens is 632 g/mol. The van der Waals surface area contributed by atoms with E-state index in [1.807, 2.05) is 23.1 Å². The summed E-state index contributed by atoms with van der Waals surface area (Å²) in [6.45, 7) is 8.93. The predicted molar refractivity (Wildman–Crippen MR) is 186 cm³/mol. The summed E-state index contributed by atoms with van der Waals surface area (Å²) in [5.41, 5.74) is 8.18. The second-order valence-corrected chi connectivity index (χ2v) is 12.7. The van der Waals surface area contributed by atoms with Crippen molar-refractivity contribution in [3.8, 4) is 5.75 Å². The lowest BCUT2D eigenvalue weighted by Crippen LogP contribution is -2.51. The number of piperidine rings is 1. The van der Waals surface area contributed by atoms with Gasteiger partial charge < -0.3 is 25.0 Å². The largest absolute Gasteiger partial charge is 0.507 e. The molecule has 2 heterocycles. The maximum atomic E-state index is 13.3. The molecule has 254 valence electrons. The predicted octanol–water partition coefficient (Wildman–Crippen LogP) is 4.03. The Morgan fingerprint density at radius 3 is 2.46 bits per heavy atom. The van der Waals surface area contributed by atoms with Crippen LogP contribution in [0.2, 0.25) is 0 Å². The lowest BCUT2D eigenvalue weighted by Gasteiger charge is -2.37. The monoisotopic (exact) mass is 674 g/mol. The summed E-state index contributed by atoms with van der Waals surface area (Å²) in [6.07, 6.45) is 10.2. The molecule has 48 heavy (non-hydrogen) atoms. The zero-order valence-electron chi connectivity index (χ0n) is 27.8. The molecule has 0 saturated carbocycles. The van der Waals surface area contributed by atoms with E-state index in [1.165, 1.54) is 21.4 Å². The van der Waals surface area contributed by atoms with Crippen molar-refractivity contribution in [2.75, 3.05) is 40.3 Å². The van der Waals surface area contributed by atoms with Gasteiger partial charge in [-0.25, -0.2) is 18.1 Å². The Morgan fingerprint density at radius 1 is 1.15 bits per heavy atom. The second-order valence-electron chi connectivity index (χ2n) is 11.4. The fourth-order valence-electron chi connectivity index (χ4n) is 5.08. The number of nitrogens with zero attached hydrogens (tertiary/aromatic N) is 5. The normalized spacial score (nSPS) is 17.2. The van der Waals surface area contributed by atoms with E-state index in [2.05, 4.69) is 44.5 Å². The number of phenols is 1. The molecule has 0 aliphatic carbocycles. The molecule has 2 fully saturated rings. The van der Waals surface area contributed by atoms with Gasteiger partial charge >= 0.3 is 12.1 Å². The Morgan fingerprint density at radius 2 is 1.81 bits per heavy atom. The van der Waals surface area contributed by atoms with Crippen LogP contribution in [0.1, 0.15) is 36.0 Å². The minimum Gasteiger partial charge on any atom is -0.507 e. The molecule has 1 aromatic rings. The minimum atomic E-state index is -1.56. The van der Waals surface area contributed by atoms with Gasteiger partial charge in [-0.1, -0.05) is 43.0 Å². The Labute approximate surface area is 284 Å². The van der Waals surface area contributed by atoms with E-state index in [0.717, 1.165) is 12.0 Å². The highest BCUT2D eigenvalue weighted by atomic mass is 32.2. The van der Waals surface area contributed by atoms with Crippen LogP contribution in [-0.2, 0) is 27.1 Å². The van der Waals surface area contributed by atoms with Crippen LogP contribution in [0.15, 0.2) is 81.6 Å². The van der Waals surface area contributed by atoms with Gasteiger partial charge in [0.1, 0.15) is 5.75 Å². The van der Waals surface area contributed by atoms with E-state index in [4.69, 9.17) is 4.74 Å². The molecule has 4 amide bonds. The van der Waals surface area contributed by atoms with E-state index in [0.29, 0.717) is 55.7 Å². The summed E-state index contributed by atoms with van der Waals surface area (Å²) in [6, 6.07) is 3.29. The van der Waals surface area contributed by atoms with Gasteiger partial charge in [-0.3, -0.25) is 4.79 Å². The number of aryl methyl sites for hydroxylation is 2. The number of phenolic OH excluding ortho intramolecular Hbond substituents is 1. The average molecular weight is 675 g/mol. The van der Waals surface area contributed by atoms with Gasteiger partial charge in [0, 0.05) is 58.6 Å². The second kappa shape index (κ2) is 19.0. The summed E-state index contributed by atoms with van der Waals surface area (Å²) in [7, 11) is 3.21. The number of hydrogen-bond donors (Lipinski definition) is 2. The number of likely N-dealkylation sites (tertiary alicyclic amines) is 1. The van der Waals surface area contributed by atoms with Gasteiger partial charge in [0.25, 0.3) is 5.91 Å². The Balaban J connectivity index is 1.69. The van der Waals surface area contributed by atoms with Crippen molar-refractivity contribution in [1.82, 2.24) is 19.4 Å². The molecule has 0 spiro atoms. The zero-order chi connectivity index (χ0) is 35.1. The van der Waals surface area contributed by atoms with Gasteiger partial charge in [-0.05, 0) is 79.0 Å². The standard InChI is InChI=1S/C35H42N6O6S/c1-6-7-10-13-28-14-21-41(34(44)37-25-28)30-15-19-40(20-16-30)35(45)47-31(24-29-22-26(2)32(42)27(3)23-29)33(43)36-17-11-8-9-12-18-38-48(46)39(4)5/h6-10,13,22-23,30-31,42H,1,14-16,19-21,24-25H2,2-5H3,(H,37,44)/b10-7-,28-13-/t31-,48?/m1/s1. The van der Waals surface area contributed by atoms with E-state index in [9.17, 15) is 23.7 Å². The van der Waals surface area contributed by atoms with Gasteiger partial charge in [-0.15, -0.1) is 4.40 Å². The maximum Gasteiger partial charge on any atom is 0.410 e. The average Bonchev–Trinajstić information content (AvgIpc) is 3.25. The van der Waals surface area contributed by atoms with Crippen LogP contribution in [0.5, 0.6) is 5.75 Å². The van der Waals surface area contributed by atoms with Gasteiger partial charge in [0.05, 0.1) is 5.87 Å². The Bertz CT molecular complexity index is 1640. The first-order chi connectivity index (χ1) is 23.0. The SMILES string of the molecule is C=C/C=C\C=C1\CCN(C2CCN(C(=O)O[C@H](Cc3cc(C)c(O)c(C)c3)C(=O)N=C=C=CC=C=C=NS(=O)N(C)C)CC2)C(=O)NC1. The Kier molecular flexibility index (Phi) is 14.8. The highest BCUT2D eigenvalue weighted by Crippen LogP contribution is 2.25. The number of carbonyl (C=O) groups excluding carboxylic acids is 3. The molecule has 0 bridgehead atoms. The highest BCUT2D eigenvalue weighted by Gasteiger charge is 2.33. The lowest BCUT2D eigenvalue weighted by atomic mass is 10.0. The van der Waals surface area contributed by atoms with E-state index in [1.54, 1.807) is 46.2 Å². The lowest BCUT2D eigenvalue weighted by molar-refractivity contribution is -0.126. The van der Waals surface area contributed by atoms with Crippen LogP contribution >= 0.6 is 0 Å². The number of benzene rings is 1. The molecule has 2 saturated heterocycles. The number of rotatable bonds is 10.